The molecule has 0 spiro atoms. The van der Waals surface area contributed by atoms with E-state index in [1.54, 1.807) is 30.3 Å². The minimum atomic E-state index is -1.44. The molecule has 3 rings (SSSR count). The summed E-state index contributed by atoms with van der Waals surface area (Å²) in [4.78, 5) is 10.8. The van der Waals surface area contributed by atoms with Crippen LogP contribution >= 0.6 is 11.3 Å². The van der Waals surface area contributed by atoms with Crippen molar-refractivity contribution in [3.05, 3.63) is 59.7 Å². The molecule has 1 aromatic heterocycles. The van der Waals surface area contributed by atoms with E-state index < -0.39 is 13.1 Å². The van der Waals surface area contributed by atoms with Crippen molar-refractivity contribution in [2.75, 3.05) is 5.32 Å². The lowest BCUT2D eigenvalue weighted by Crippen LogP contribution is -2.26. The molecule has 0 bridgehead atoms. The lowest BCUT2D eigenvalue weighted by atomic mass is 9.89. The maximum absolute atomic E-state index is 10.8. The van der Waals surface area contributed by atoms with Gasteiger partial charge >= 0.3 is 13.1 Å². The van der Waals surface area contributed by atoms with Gasteiger partial charge in [0, 0.05) is 21.7 Å². The van der Waals surface area contributed by atoms with Gasteiger partial charge in [-0.05, 0) is 53.4 Å². The van der Waals surface area contributed by atoms with Crippen LogP contribution in [-0.2, 0) is 6.54 Å². The van der Waals surface area contributed by atoms with Crippen LogP contribution in [0.2, 0.25) is 0 Å². The summed E-state index contributed by atoms with van der Waals surface area (Å²) in [7, 11) is -1.44. The number of rotatable bonds is 5. The molecule has 5 nitrogen and oxygen atoms in total. The van der Waals surface area contributed by atoms with Crippen LogP contribution in [0.1, 0.15) is 15.9 Å². The third-order valence-corrected chi connectivity index (χ3v) is 4.64. The van der Waals surface area contributed by atoms with E-state index in [1.807, 2.05) is 18.2 Å². The van der Waals surface area contributed by atoms with Crippen molar-refractivity contribution in [1.29, 1.82) is 0 Å². The predicted molar refractivity (Wildman–Crippen MR) is 92.4 cm³/mol. The molecular formula is C16H14BNO4S. The van der Waals surface area contributed by atoms with E-state index in [0.717, 1.165) is 21.3 Å². The number of aromatic carboxylic acids is 1. The van der Waals surface area contributed by atoms with Crippen molar-refractivity contribution in [3.63, 3.8) is 0 Å². The summed E-state index contributed by atoms with van der Waals surface area (Å²) in [6, 6.07) is 14.3. The first-order valence-electron chi connectivity index (χ1n) is 6.98. The lowest BCUT2D eigenvalue weighted by molar-refractivity contribution is 0.0697. The molecule has 0 radical (unpaired) electrons. The van der Waals surface area contributed by atoms with Gasteiger partial charge in [0.1, 0.15) is 0 Å². The number of fused-ring (bicyclic) bond motifs is 1. The van der Waals surface area contributed by atoms with E-state index in [9.17, 15) is 14.8 Å². The summed E-state index contributed by atoms with van der Waals surface area (Å²) in [5.41, 5.74) is 2.15. The minimum absolute atomic E-state index is 0.255. The highest BCUT2D eigenvalue weighted by Crippen LogP contribution is 2.21. The minimum Gasteiger partial charge on any atom is -0.478 e. The van der Waals surface area contributed by atoms with E-state index in [1.165, 1.54) is 11.3 Å². The molecule has 7 heteroatoms. The number of hydrogen-bond acceptors (Lipinski definition) is 5. The zero-order valence-corrected chi connectivity index (χ0v) is 12.9. The van der Waals surface area contributed by atoms with Gasteiger partial charge in [0.25, 0.3) is 0 Å². The van der Waals surface area contributed by atoms with E-state index >= 15 is 0 Å². The van der Waals surface area contributed by atoms with Gasteiger partial charge in [0.2, 0.25) is 0 Å². The highest BCUT2D eigenvalue weighted by Gasteiger charge is 2.14. The molecule has 3 aromatic rings. The Labute approximate surface area is 137 Å². The Morgan fingerprint density at radius 2 is 1.83 bits per heavy atom. The van der Waals surface area contributed by atoms with Crippen LogP contribution in [0.15, 0.2) is 48.5 Å². The Hall–Kier alpha value is -2.35. The molecule has 0 aliphatic heterocycles. The molecule has 0 unspecified atom stereocenters. The van der Waals surface area contributed by atoms with Crippen molar-refractivity contribution >= 4 is 45.0 Å². The standard InChI is InChI=1S/C16H14BNO4S/c19-16(20)11-2-4-13(5-3-11)18-9-10-1-6-14-12(7-10)8-15(23-14)17(21)22/h1-8,18,21-22H,9H2,(H,19,20). The third kappa shape index (κ3) is 3.53. The molecular weight excluding hydrogens is 313 g/mol. The molecule has 0 aliphatic rings. The van der Waals surface area contributed by atoms with Gasteiger partial charge < -0.3 is 20.5 Å². The van der Waals surface area contributed by atoms with Crippen LogP contribution in [0.25, 0.3) is 10.1 Å². The van der Waals surface area contributed by atoms with Gasteiger partial charge in [-0.2, -0.15) is 0 Å². The van der Waals surface area contributed by atoms with Gasteiger partial charge in [-0.15, -0.1) is 11.3 Å². The summed E-state index contributed by atoms with van der Waals surface area (Å²) in [5, 5.41) is 31.5. The maximum Gasteiger partial charge on any atom is 0.499 e. The summed E-state index contributed by atoms with van der Waals surface area (Å²) in [6.45, 7) is 0.592. The summed E-state index contributed by atoms with van der Waals surface area (Å²) in [5.74, 6) is -0.943. The van der Waals surface area contributed by atoms with E-state index in [0.29, 0.717) is 11.3 Å². The Balaban J connectivity index is 1.72. The second kappa shape index (κ2) is 6.41. The fraction of sp³-hybridized carbons (Fsp3) is 0.0625. The zero-order chi connectivity index (χ0) is 16.4. The number of hydrogen-bond donors (Lipinski definition) is 4. The number of nitrogens with one attached hydrogen (secondary N) is 1. The first-order chi connectivity index (χ1) is 11.0. The fourth-order valence-corrected chi connectivity index (χ4v) is 3.20. The van der Waals surface area contributed by atoms with E-state index in [4.69, 9.17) is 5.11 Å². The average Bonchev–Trinajstić information content (AvgIpc) is 2.97. The number of anilines is 1. The SMILES string of the molecule is O=C(O)c1ccc(NCc2ccc3sc(B(O)O)cc3c2)cc1. The van der Waals surface area contributed by atoms with Crippen molar-refractivity contribution in [2.45, 2.75) is 6.54 Å². The summed E-state index contributed by atoms with van der Waals surface area (Å²) >= 11 is 1.36. The van der Waals surface area contributed by atoms with Crippen LogP contribution in [0.5, 0.6) is 0 Å². The normalized spacial score (nSPS) is 10.7. The third-order valence-electron chi connectivity index (χ3n) is 3.48. The van der Waals surface area contributed by atoms with Crippen LogP contribution in [0, 0.1) is 0 Å². The molecule has 1 heterocycles. The first-order valence-corrected chi connectivity index (χ1v) is 7.80. The topological polar surface area (TPSA) is 89.8 Å². The van der Waals surface area contributed by atoms with Crippen molar-refractivity contribution in [3.8, 4) is 0 Å². The van der Waals surface area contributed by atoms with Gasteiger partial charge in [0.15, 0.2) is 0 Å². The van der Waals surface area contributed by atoms with Crippen molar-refractivity contribution < 1.29 is 19.9 Å². The molecule has 4 N–H and O–H groups in total. The van der Waals surface area contributed by atoms with Gasteiger partial charge in [-0.3, -0.25) is 0 Å². The quantitative estimate of drug-likeness (QED) is 0.538. The van der Waals surface area contributed by atoms with Crippen LogP contribution in [-0.4, -0.2) is 28.2 Å². The molecule has 0 amide bonds. The second-order valence-corrected chi connectivity index (χ2v) is 6.25. The fourth-order valence-electron chi connectivity index (χ4n) is 2.29. The van der Waals surface area contributed by atoms with Crippen molar-refractivity contribution in [1.82, 2.24) is 0 Å². The highest BCUT2D eigenvalue weighted by molar-refractivity contribution is 7.27. The Morgan fingerprint density at radius 1 is 1.09 bits per heavy atom. The van der Waals surface area contributed by atoms with Gasteiger partial charge in [0.05, 0.1) is 5.56 Å². The molecule has 0 fully saturated rings. The Kier molecular flexibility index (Phi) is 4.34. The summed E-state index contributed by atoms with van der Waals surface area (Å²) in [6.07, 6.45) is 0. The number of carboxylic acids is 1. The molecule has 23 heavy (non-hydrogen) atoms. The molecule has 0 aliphatic carbocycles. The number of carbonyl (C=O) groups is 1. The molecule has 116 valence electrons. The number of benzene rings is 2. The summed E-state index contributed by atoms with van der Waals surface area (Å²) < 4.78 is 1.53. The monoisotopic (exact) mass is 327 g/mol. The van der Waals surface area contributed by atoms with Crippen LogP contribution in [0.4, 0.5) is 5.69 Å². The maximum atomic E-state index is 10.8. The van der Waals surface area contributed by atoms with Crippen LogP contribution < -0.4 is 10.1 Å². The zero-order valence-electron chi connectivity index (χ0n) is 12.1. The number of carboxylic acid groups (broad SMARTS) is 1. The van der Waals surface area contributed by atoms with E-state index in [-0.39, 0.29) is 5.56 Å². The smallest absolute Gasteiger partial charge is 0.478 e. The Morgan fingerprint density at radius 3 is 2.48 bits per heavy atom. The average molecular weight is 327 g/mol. The lowest BCUT2D eigenvalue weighted by Gasteiger charge is -2.07. The highest BCUT2D eigenvalue weighted by atomic mass is 32.1. The molecule has 0 saturated carbocycles. The predicted octanol–water partition coefficient (Wildman–Crippen LogP) is 1.89. The Bertz CT molecular complexity index is 845. The van der Waals surface area contributed by atoms with Gasteiger partial charge in [-0.25, -0.2) is 4.79 Å². The molecule has 0 atom stereocenters. The van der Waals surface area contributed by atoms with Gasteiger partial charge in [-0.1, -0.05) is 6.07 Å². The molecule has 0 saturated heterocycles. The van der Waals surface area contributed by atoms with Crippen molar-refractivity contribution in [2.24, 2.45) is 0 Å². The largest absolute Gasteiger partial charge is 0.499 e. The number of thiophene rings is 1. The first kappa shape index (κ1) is 15.5. The second-order valence-electron chi connectivity index (χ2n) is 5.13. The molecule has 2 aromatic carbocycles. The van der Waals surface area contributed by atoms with Crippen LogP contribution in [0.3, 0.4) is 0 Å². The van der Waals surface area contributed by atoms with E-state index in [2.05, 4.69) is 5.32 Å².